The van der Waals surface area contributed by atoms with Crippen LogP contribution in [-0.2, 0) is 11.5 Å². The fourth-order valence-electron chi connectivity index (χ4n) is 2.91. The lowest BCUT2D eigenvalue weighted by Crippen LogP contribution is -2.52. The lowest BCUT2D eigenvalue weighted by molar-refractivity contribution is -0.0807. The van der Waals surface area contributed by atoms with Gasteiger partial charge in [0.25, 0.3) is 5.92 Å². The molecule has 1 aromatic rings. The standard InChI is InChI=1S/C15H21F2NO/c1-10-8-18-9-11(2)15(10,19)13-6-4-12(5-7-13)14(3,16)17/h4-7,10-11,18-19H,8-9H2,1-3H3/t10-,11+,15?. The maximum atomic E-state index is 13.2. The Labute approximate surface area is 112 Å². The summed E-state index contributed by atoms with van der Waals surface area (Å²) in [6, 6.07) is 6.08. The zero-order valence-corrected chi connectivity index (χ0v) is 11.6. The summed E-state index contributed by atoms with van der Waals surface area (Å²) >= 11 is 0. The average Bonchev–Trinajstić information content (AvgIpc) is 2.35. The summed E-state index contributed by atoms with van der Waals surface area (Å²) in [6.45, 7) is 6.29. The molecule has 1 saturated heterocycles. The second kappa shape index (κ2) is 4.84. The molecule has 0 radical (unpaired) electrons. The Balaban J connectivity index is 2.35. The van der Waals surface area contributed by atoms with Gasteiger partial charge in [0.2, 0.25) is 0 Å². The molecule has 1 aliphatic rings. The first kappa shape index (κ1) is 14.4. The molecule has 4 heteroatoms. The number of alkyl halides is 2. The highest BCUT2D eigenvalue weighted by atomic mass is 19.3. The molecule has 19 heavy (non-hydrogen) atoms. The maximum Gasteiger partial charge on any atom is 0.270 e. The van der Waals surface area contributed by atoms with Gasteiger partial charge < -0.3 is 10.4 Å². The molecule has 0 bridgehead atoms. The zero-order chi connectivity index (χ0) is 14.3. The van der Waals surface area contributed by atoms with Gasteiger partial charge in [-0.1, -0.05) is 38.1 Å². The van der Waals surface area contributed by atoms with E-state index in [9.17, 15) is 13.9 Å². The summed E-state index contributed by atoms with van der Waals surface area (Å²) in [6.07, 6.45) is 0. The summed E-state index contributed by atoms with van der Waals surface area (Å²) in [5.41, 5.74) is -0.247. The van der Waals surface area contributed by atoms with Gasteiger partial charge in [-0.05, 0) is 5.56 Å². The Morgan fingerprint density at radius 1 is 1.16 bits per heavy atom. The minimum atomic E-state index is -2.84. The normalized spacial score (nSPS) is 32.3. The van der Waals surface area contributed by atoms with Gasteiger partial charge in [0.15, 0.2) is 0 Å². The number of halogens is 2. The summed E-state index contributed by atoms with van der Waals surface area (Å²) in [5.74, 6) is -2.75. The molecule has 0 aliphatic carbocycles. The van der Waals surface area contributed by atoms with Crippen LogP contribution in [0.5, 0.6) is 0 Å². The van der Waals surface area contributed by atoms with E-state index in [1.54, 1.807) is 12.1 Å². The van der Waals surface area contributed by atoms with Gasteiger partial charge in [-0.25, -0.2) is 8.78 Å². The number of hydrogen-bond acceptors (Lipinski definition) is 2. The van der Waals surface area contributed by atoms with E-state index in [1.807, 2.05) is 13.8 Å². The number of aliphatic hydroxyl groups is 1. The molecule has 2 rings (SSSR count). The van der Waals surface area contributed by atoms with Crippen LogP contribution in [0.15, 0.2) is 24.3 Å². The molecular formula is C15H21F2NO. The number of hydrogen-bond donors (Lipinski definition) is 2. The third kappa shape index (κ3) is 2.51. The van der Waals surface area contributed by atoms with Crippen LogP contribution >= 0.6 is 0 Å². The van der Waals surface area contributed by atoms with Crippen LogP contribution in [-0.4, -0.2) is 18.2 Å². The summed E-state index contributed by atoms with van der Waals surface area (Å²) < 4.78 is 26.4. The van der Waals surface area contributed by atoms with Gasteiger partial charge >= 0.3 is 0 Å². The minimum absolute atomic E-state index is 0.0194. The quantitative estimate of drug-likeness (QED) is 0.865. The highest BCUT2D eigenvalue weighted by molar-refractivity contribution is 5.31. The van der Waals surface area contributed by atoms with Crippen LogP contribution in [0.25, 0.3) is 0 Å². The first-order valence-corrected chi connectivity index (χ1v) is 6.68. The lowest BCUT2D eigenvalue weighted by Gasteiger charge is -2.44. The van der Waals surface area contributed by atoms with E-state index in [2.05, 4.69) is 5.32 Å². The van der Waals surface area contributed by atoms with E-state index in [0.717, 1.165) is 25.6 Å². The van der Waals surface area contributed by atoms with Crippen molar-refractivity contribution in [2.24, 2.45) is 11.8 Å². The monoisotopic (exact) mass is 269 g/mol. The van der Waals surface area contributed by atoms with Gasteiger partial charge in [0, 0.05) is 37.4 Å². The van der Waals surface area contributed by atoms with Crippen molar-refractivity contribution in [3.8, 4) is 0 Å². The van der Waals surface area contributed by atoms with Crippen LogP contribution in [0.3, 0.4) is 0 Å². The minimum Gasteiger partial charge on any atom is -0.385 e. The lowest BCUT2D eigenvalue weighted by atomic mass is 9.71. The molecule has 0 spiro atoms. The van der Waals surface area contributed by atoms with Crippen LogP contribution in [0.4, 0.5) is 8.78 Å². The Bertz CT molecular complexity index is 428. The van der Waals surface area contributed by atoms with Crippen molar-refractivity contribution in [1.82, 2.24) is 5.32 Å². The van der Waals surface area contributed by atoms with E-state index >= 15 is 0 Å². The van der Waals surface area contributed by atoms with Crippen LogP contribution in [0, 0.1) is 11.8 Å². The third-order valence-corrected chi connectivity index (χ3v) is 4.26. The molecule has 1 fully saturated rings. The van der Waals surface area contributed by atoms with Gasteiger partial charge in [0.05, 0.1) is 5.60 Å². The van der Waals surface area contributed by atoms with Crippen molar-refractivity contribution in [3.63, 3.8) is 0 Å². The highest BCUT2D eigenvalue weighted by Gasteiger charge is 2.43. The Kier molecular flexibility index (Phi) is 3.67. The van der Waals surface area contributed by atoms with Crippen molar-refractivity contribution < 1.29 is 13.9 Å². The molecule has 0 aromatic heterocycles. The van der Waals surface area contributed by atoms with E-state index in [4.69, 9.17) is 0 Å². The maximum absolute atomic E-state index is 13.2. The first-order chi connectivity index (χ1) is 8.76. The molecule has 0 saturated carbocycles. The molecule has 1 aliphatic heterocycles. The van der Waals surface area contributed by atoms with Crippen molar-refractivity contribution in [1.29, 1.82) is 0 Å². The Hall–Kier alpha value is -1.00. The molecule has 1 aromatic carbocycles. The number of benzene rings is 1. The van der Waals surface area contributed by atoms with Crippen molar-refractivity contribution in [2.75, 3.05) is 13.1 Å². The molecule has 1 unspecified atom stereocenters. The largest absolute Gasteiger partial charge is 0.385 e. The first-order valence-electron chi connectivity index (χ1n) is 6.68. The number of rotatable bonds is 2. The molecule has 2 nitrogen and oxygen atoms in total. The van der Waals surface area contributed by atoms with Crippen LogP contribution in [0.2, 0.25) is 0 Å². The third-order valence-electron chi connectivity index (χ3n) is 4.26. The average molecular weight is 269 g/mol. The van der Waals surface area contributed by atoms with E-state index in [0.29, 0.717) is 0 Å². The summed E-state index contributed by atoms with van der Waals surface area (Å²) in [4.78, 5) is 0. The van der Waals surface area contributed by atoms with Crippen molar-refractivity contribution in [3.05, 3.63) is 35.4 Å². The van der Waals surface area contributed by atoms with Crippen molar-refractivity contribution in [2.45, 2.75) is 32.3 Å². The second-order valence-corrected chi connectivity index (χ2v) is 5.75. The number of nitrogens with one attached hydrogen (secondary N) is 1. The molecule has 2 N–H and O–H groups in total. The van der Waals surface area contributed by atoms with E-state index < -0.39 is 11.5 Å². The van der Waals surface area contributed by atoms with E-state index in [-0.39, 0.29) is 17.4 Å². The van der Waals surface area contributed by atoms with Gasteiger partial charge in [0.1, 0.15) is 0 Å². The SMILES string of the molecule is C[C@@H]1CNC[C@H](C)C1(O)c1ccc(C(C)(F)F)cc1. The molecule has 0 amide bonds. The predicted molar refractivity (Wildman–Crippen MR) is 71.1 cm³/mol. The van der Waals surface area contributed by atoms with Gasteiger partial charge in [-0.15, -0.1) is 0 Å². The molecule has 3 atom stereocenters. The summed E-state index contributed by atoms with van der Waals surface area (Å²) in [5, 5.41) is 14.2. The Morgan fingerprint density at radius 3 is 2.05 bits per heavy atom. The molecule has 106 valence electrons. The fourth-order valence-corrected chi connectivity index (χ4v) is 2.91. The topological polar surface area (TPSA) is 32.3 Å². The molecule has 1 heterocycles. The zero-order valence-electron chi connectivity index (χ0n) is 11.6. The van der Waals surface area contributed by atoms with Gasteiger partial charge in [-0.3, -0.25) is 0 Å². The Morgan fingerprint density at radius 2 is 1.63 bits per heavy atom. The smallest absolute Gasteiger partial charge is 0.270 e. The van der Waals surface area contributed by atoms with Crippen LogP contribution in [0.1, 0.15) is 31.9 Å². The van der Waals surface area contributed by atoms with Crippen molar-refractivity contribution >= 4 is 0 Å². The predicted octanol–water partition coefficient (Wildman–Crippen LogP) is 2.86. The highest BCUT2D eigenvalue weighted by Crippen LogP contribution is 2.39. The van der Waals surface area contributed by atoms with Crippen LogP contribution < -0.4 is 5.32 Å². The summed E-state index contributed by atoms with van der Waals surface area (Å²) in [7, 11) is 0. The van der Waals surface area contributed by atoms with Gasteiger partial charge in [-0.2, -0.15) is 0 Å². The second-order valence-electron chi connectivity index (χ2n) is 5.75. The molecular weight excluding hydrogens is 248 g/mol. The number of piperidine rings is 1. The van der Waals surface area contributed by atoms with E-state index in [1.165, 1.54) is 12.1 Å². The fraction of sp³-hybridized carbons (Fsp3) is 0.600.